The summed E-state index contributed by atoms with van der Waals surface area (Å²) in [5.74, 6) is 0.994. The van der Waals surface area contributed by atoms with Gasteiger partial charge in [0.2, 0.25) is 0 Å². The van der Waals surface area contributed by atoms with Gasteiger partial charge in [0.25, 0.3) is 0 Å². The van der Waals surface area contributed by atoms with E-state index in [4.69, 9.17) is 15.9 Å². The summed E-state index contributed by atoms with van der Waals surface area (Å²) in [7, 11) is 0. The molecule has 3 N–H and O–H groups in total. The van der Waals surface area contributed by atoms with Gasteiger partial charge in [-0.1, -0.05) is 25.5 Å². The zero-order chi connectivity index (χ0) is 15.2. The first-order valence-corrected chi connectivity index (χ1v) is 7.94. The zero-order valence-corrected chi connectivity index (χ0v) is 13.3. The maximum Gasteiger partial charge on any atom is 0.135 e. The molecule has 1 aromatic heterocycles. The molecule has 0 aliphatic rings. The normalized spacial score (nSPS) is 10.6. The van der Waals surface area contributed by atoms with Crippen LogP contribution in [0.15, 0.2) is 24.3 Å². The summed E-state index contributed by atoms with van der Waals surface area (Å²) in [6.45, 7) is 4.73. The Morgan fingerprint density at radius 1 is 1.38 bits per heavy atom. The molecule has 2 aromatic rings. The summed E-state index contributed by atoms with van der Waals surface area (Å²) >= 11 is 1.51. The van der Waals surface area contributed by atoms with E-state index in [1.54, 1.807) is 0 Å². The van der Waals surface area contributed by atoms with Gasteiger partial charge in [0.1, 0.15) is 11.6 Å². The van der Waals surface area contributed by atoms with Crippen LogP contribution in [0.1, 0.15) is 34.5 Å². The van der Waals surface area contributed by atoms with E-state index in [0.717, 1.165) is 40.6 Å². The van der Waals surface area contributed by atoms with Crippen molar-refractivity contribution in [2.24, 2.45) is 5.73 Å². The van der Waals surface area contributed by atoms with Gasteiger partial charge < -0.3 is 10.5 Å². The molecule has 0 bridgehead atoms. The molecule has 2 rings (SSSR count). The van der Waals surface area contributed by atoms with Crippen molar-refractivity contribution >= 4 is 17.2 Å². The Hall–Kier alpha value is -1.88. The number of aromatic nitrogens is 1. The number of benzene rings is 1. The molecule has 21 heavy (non-hydrogen) atoms. The quantitative estimate of drug-likeness (QED) is 0.609. The molecule has 5 heteroatoms. The number of ether oxygens (including phenoxy) is 1. The topological polar surface area (TPSA) is 72.0 Å². The molecule has 1 heterocycles. The third-order valence-electron chi connectivity index (χ3n) is 3.05. The molecule has 0 unspecified atom stereocenters. The molecule has 0 amide bonds. The van der Waals surface area contributed by atoms with Gasteiger partial charge in [-0.05, 0) is 31.0 Å². The molecular formula is C16H21N3OS. The smallest absolute Gasteiger partial charge is 0.135 e. The van der Waals surface area contributed by atoms with Crippen molar-refractivity contribution in [2.75, 3.05) is 6.61 Å². The average molecular weight is 303 g/mol. The largest absolute Gasteiger partial charge is 0.493 e. The van der Waals surface area contributed by atoms with Crippen LogP contribution in [0.2, 0.25) is 0 Å². The second-order valence-electron chi connectivity index (χ2n) is 4.96. The van der Waals surface area contributed by atoms with Crippen LogP contribution in [0.25, 0.3) is 0 Å². The van der Waals surface area contributed by atoms with Crippen LogP contribution >= 0.6 is 11.3 Å². The van der Waals surface area contributed by atoms with Gasteiger partial charge in [0.05, 0.1) is 22.2 Å². The number of amidine groups is 1. The summed E-state index contributed by atoms with van der Waals surface area (Å²) in [6.07, 6.45) is 2.61. The second kappa shape index (κ2) is 7.22. The monoisotopic (exact) mass is 303 g/mol. The van der Waals surface area contributed by atoms with Crippen molar-refractivity contribution in [3.8, 4) is 5.75 Å². The van der Waals surface area contributed by atoms with Gasteiger partial charge in [-0.2, -0.15) is 0 Å². The highest BCUT2D eigenvalue weighted by molar-refractivity contribution is 7.13. The minimum absolute atomic E-state index is 0.113. The Bertz CT molecular complexity index is 622. The minimum atomic E-state index is 0.113. The molecule has 0 aliphatic carbocycles. The van der Waals surface area contributed by atoms with E-state index in [-0.39, 0.29) is 5.84 Å². The van der Waals surface area contributed by atoms with E-state index in [1.165, 1.54) is 16.9 Å². The van der Waals surface area contributed by atoms with Gasteiger partial charge in [-0.15, -0.1) is 11.3 Å². The number of aryl methyl sites for hydroxylation is 2. The van der Waals surface area contributed by atoms with Gasteiger partial charge in [-0.3, -0.25) is 5.41 Å². The maximum absolute atomic E-state index is 7.62. The highest BCUT2D eigenvalue weighted by atomic mass is 32.1. The summed E-state index contributed by atoms with van der Waals surface area (Å²) in [5, 5.41) is 8.60. The minimum Gasteiger partial charge on any atom is -0.493 e. The van der Waals surface area contributed by atoms with Crippen LogP contribution in [0.5, 0.6) is 5.75 Å². The lowest BCUT2D eigenvalue weighted by molar-refractivity contribution is 0.321. The number of rotatable bonds is 7. The Morgan fingerprint density at radius 2 is 2.19 bits per heavy atom. The number of hydrogen-bond acceptors (Lipinski definition) is 4. The molecule has 0 fully saturated rings. The van der Waals surface area contributed by atoms with Crippen molar-refractivity contribution in [1.82, 2.24) is 4.98 Å². The summed E-state index contributed by atoms with van der Waals surface area (Å²) in [5.41, 5.74) is 7.75. The fourth-order valence-electron chi connectivity index (χ4n) is 2.09. The number of nitrogens with zero attached hydrogens (tertiary/aromatic N) is 1. The molecule has 112 valence electrons. The van der Waals surface area contributed by atoms with E-state index < -0.39 is 0 Å². The van der Waals surface area contributed by atoms with Gasteiger partial charge in [-0.25, -0.2) is 4.98 Å². The molecule has 0 saturated carbocycles. The van der Waals surface area contributed by atoms with Crippen LogP contribution in [-0.2, 0) is 12.8 Å². The van der Waals surface area contributed by atoms with E-state index >= 15 is 0 Å². The number of nitrogens with one attached hydrogen (secondary N) is 1. The van der Waals surface area contributed by atoms with Crippen LogP contribution in [-0.4, -0.2) is 17.4 Å². The van der Waals surface area contributed by atoms with Crippen LogP contribution in [0, 0.1) is 12.3 Å². The molecule has 4 nitrogen and oxygen atoms in total. The van der Waals surface area contributed by atoms with Crippen LogP contribution < -0.4 is 10.5 Å². The molecule has 0 spiro atoms. The van der Waals surface area contributed by atoms with Crippen molar-refractivity contribution in [3.63, 3.8) is 0 Å². The molecule has 0 atom stereocenters. The van der Waals surface area contributed by atoms with Crippen LogP contribution in [0.4, 0.5) is 0 Å². The van der Waals surface area contributed by atoms with Gasteiger partial charge in [0, 0.05) is 6.42 Å². The fourth-order valence-corrected chi connectivity index (χ4v) is 3.04. The fraction of sp³-hybridized carbons (Fsp3) is 0.375. The molecule has 1 aromatic carbocycles. The van der Waals surface area contributed by atoms with E-state index in [1.807, 2.05) is 31.2 Å². The Balaban J connectivity index is 1.97. The highest BCUT2D eigenvalue weighted by Gasteiger charge is 2.12. The van der Waals surface area contributed by atoms with E-state index in [2.05, 4.69) is 11.9 Å². The van der Waals surface area contributed by atoms with Gasteiger partial charge >= 0.3 is 0 Å². The van der Waals surface area contributed by atoms with Crippen molar-refractivity contribution in [1.29, 1.82) is 5.41 Å². The first-order valence-electron chi connectivity index (χ1n) is 7.12. The molecule has 0 saturated heterocycles. The Kier molecular flexibility index (Phi) is 5.33. The standard InChI is InChI=1S/C16H21N3OS/c1-3-5-13-15(16(17)18)21-14(19-13)8-9-20-12-7-4-6-11(2)10-12/h4,6-7,10H,3,5,8-9H2,1-2H3,(H3,17,18). The number of thiazole rings is 1. The maximum atomic E-state index is 7.62. The summed E-state index contributed by atoms with van der Waals surface area (Å²) in [4.78, 5) is 5.40. The van der Waals surface area contributed by atoms with Crippen molar-refractivity contribution in [2.45, 2.75) is 33.1 Å². The number of nitrogen functional groups attached to an aromatic ring is 1. The zero-order valence-electron chi connectivity index (χ0n) is 12.5. The number of nitrogens with two attached hydrogens (primary N) is 1. The third-order valence-corrected chi connectivity index (χ3v) is 4.24. The molecule has 0 radical (unpaired) electrons. The van der Waals surface area contributed by atoms with E-state index in [0.29, 0.717) is 6.61 Å². The Morgan fingerprint density at radius 3 is 2.86 bits per heavy atom. The summed E-state index contributed by atoms with van der Waals surface area (Å²) < 4.78 is 5.74. The van der Waals surface area contributed by atoms with Crippen LogP contribution in [0.3, 0.4) is 0 Å². The lowest BCUT2D eigenvalue weighted by atomic mass is 10.2. The first kappa shape index (κ1) is 15.5. The van der Waals surface area contributed by atoms with Crippen molar-refractivity contribution in [3.05, 3.63) is 45.4 Å². The second-order valence-corrected chi connectivity index (χ2v) is 6.05. The first-order chi connectivity index (χ1) is 10.1. The van der Waals surface area contributed by atoms with E-state index in [9.17, 15) is 0 Å². The highest BCUT2D eigenvalue weighted by Crippen LogP contribution is 2.20. The molecular weight excluding hydrogens is 282 g/mol. The number of hydrogen-bond donors (Lipinski definition) is 2. The lowest BCUT2D eigenvalue weighted by Gasteiger charge is -2.05. The SMILES string of the molecule is CCCc1nc(CCOc2cccc(C)c2)sc1C(=N)N. The predicted molar refractivity (Wildman–Crippen MR) is 87.5 cm³/mol. The lowest BCUT2D eigenvalue weighted by Crippen LogP contribution is -2.11. The predicted octanol–water partition coefficient (Wildman–Crippen LogP) is 3.31. The van der Waals surface area contributed by atoms with Crippen molar-refractivity contribution < 1.29 is 4.74 Å². The third kappa shape index (κ3) is 4.29. The summed E-state index contributed by atoms with van der Waals surface area (Å²) in [6, 6.07) is 8.01. The van der Waals surface area contributed by atoms with Gasteiger partial charge in [0.15, 0.2) is 0 Å². The average Bonchev–Trinajstić information content (AvgIpc) is 2.83. The molecule has 0 aliphatic heterocycles. The Labute approximate surface area is 129 Å².